The van der Waals surface area contributed by atoms with Gasteiger partial charge in [0.2, 0.25) is 11.8 Å². The molecule has 2 atom stereocenters. The predicted molar refractivity (Wildman–Crippen MR) is 75.7 cm³/mol. The van der Waals surface area contributed by atoms with E-state index in [1.165, 1.54) is 13.0 Å². The van der Waals surface area contributed by atoms with Crippen molar-refractivity contribution in [2.24, 2.45) is 17.4 Å². The molecule has 0 aromatic heterocycles. The smallest absolute Gasteiger partial charge is 0.248 e. The number of nitrogens with two attached hydrogens (primary N) is 2. The number of hydrogen-bond acceptors (Lipinski definition) is 3. The van der Waals surface area contributed by atoms with Gasteiger partial charge in [-0.05, 0) is 25.0 Å². The number of nitrogens with one attached hydrogen (secondary N) is 1. The third-order valence-electron chi connectivity index (χ3n) is 3.45. The van der Waals surface area contributed by atoms with Crippen molar-refractivity contribution in [3.63, 3.8) is 0 Å². The molecule has 0 aliphatic rings. The highest BCUT2D eigenvalue weighted by Crippen LogP contribution is 2.21. The number of hydrogen-bond donors (Lipinski definition) is 3. The number of anilines is 1. The zero-order chi connectivity index (χ0) is 15.4. The molecule has 6 heteroatoms. The Bertz CT molecular complexity index is 531. The second kappa shape index (κ2) is 6.47. The number of carbonyl (C=O) groups is 2. The van der Waals surface area contributed by atoms with E-state index < -0.39 is 23.7 Å². The molecule has 0 heterocycles. The average Bonchev–Trinajstić information content (AvgIpc) is 2.41. The molecule has 0 bridgehead atoms. The van der Waals surface area contributed by atoms with E-state index in [2.05, 4.69) is 5.32 Å². The number of benzene rings is 1. The molecule has 0 spiro atoms. The first-order valence-electron chi connectivity index (χ1n) is 6.44. The van der Waals surface area contributed by atoms with Gasteiger partial charge < -0.3 is 16.8 Å². The van der Waals surface area contributed by atoms with Gasteiger partial charge in [-0.25, -0.2) is 4.39 Å². The molecule has 0 aliphatic heterocycles. The maximum absolute atomic E-state index is 13.7. The molecular weight excluding hydrogens is 261 g/mol. The van der Waals surface area contributed by atoms with Gasteiger partial charge in [0.1, 0.15) is 5.82 Å². The van der Waals surface area contributed by atoms with Crippen LogP contribution in [-0.4, -0.2) is 17.9 Å². The van der Waals surface area contributed by atoms with Crippen LogP contribution in [0.2, 0.25) is 0 Å². The summed E-state index contributed by atoms with van der Waals surface area (Å²) >= 11 is 0. The molecule has 0 saturated carbocycles. The Labute approximate surface area is 117 Å². The summed E-state index contributed by atoms with van der Waals surface area (Å²) in [5.41, 5.74) is 11.4. The Kier molecular flexibility index (Phi) is 5.21. The topological polar surface area (TPSA) is 98.2 Å². The minimum absolute atomic E-state index is 0.000474. The maximum Gasteiger partial charge on any atom is 0.248 e. The predicted octanol–water partition coefficient (Wildman–Crippen LogP) is 1.54. The Morgan fingerprint density at radius 2 is 2.00 bits per heavy atom. The van der Waals surface area contributed by atoms with Crippen LogP contribution >= 0.6 is 0 Å². The quantitative estimate of drug-likeness (QED) is 0.763. The minimum Gasteiger partial charge on any atom is -0.366 e. The van der Waals surface area contributed by atoms with Crippen LogP contribution in [0, 0.1) is 18.7 Å². The Balaban J connectivity index is 3.03. The highest BCUT2D eigenvalue weighted by molar-refractivity contribution is 5.98. The van der Waals surface area contributed by atoms with E-state index in [9.17, 15) is 14.0 Å². The average molecular weight is 281 g/mol. The van der Waals surface area contributed by atoms with Gasteiger partial charge in [0, 0.05) is 16.8 Å². The highest BCUT2D eigenvalue weighted by atomic mass is 19.1. The lowest BCUT2D eigenvalue weighted by atomic mass is 9.99. The third kappa shape index (κ3) is 3.54. The molecule has 1 rings (SSSR count). The lowest BCUT2D eigenvalue weighted by Crippen LogP contribution is -2.40. The number of rotatable bonds is 5. The number of amides is 2. The fourth-order valence-corrected chi connectivity index (χ4v) is 1.68. The fourth-order valence-electron chi connectivity index (χ4n) is 1.68. The molecule has 5 N–H and O–H groups in total. The fraction of sp³-hybridized carbons (Fsp3) is 0.429. The van der Waals surface area contributed by atoms with Crippen LogP contribution in [0.4, 0.5) is 10.1 Å². The van der Waals surface area contributed by atoms with Gasteiger partial charge in [-0.15, -0.1) is 0 Å². The van der Waals surface area contributed by atoms with Crippen LogP contribution in [0.25, 0.3) is 0 Å². The molecule has 0 aliphatic carbocycles. The van der Waals surface area contributed by atoms with Gasteiger partial charge in [0.15, 0.2) is 0 Å². The third-order valence-corrected chi connectivity index (χ3v) is 3.45. The first kappa shape index (κ1) is 16.1. The molecule has 5 nitrogen and oxygen atoms in total. The standard InChI is InChI=1S/C14H20FN3O2/c1-4-7(2)12(16)14(20)18-11-6-9(13(17)19)5-10(15)8(11)3/h5-7,12H,4,16H2,1-3H3,(H2,17,19)(H,18,20). The summed E-state index contributed by atoms with van der Waals surface area (Å²) in [5.74, 6) is -1.78. The van der Waals surface area contributed by atoms with Crippen LogP contribution in [0.15, 0.2) is 12.1 Å². The largest absolute Gasteiger partial charge is 0.366 e. The van der Waals surface area contributed by atoms with E-state index in [0.29, 0.717) is 0 Å². The second-order valence-corrected chi connectivity index (χ2v) is 4.90. The molecule has 1 aromatic rings. The Morgan fingerprint density at radius 1 is 1.40 bits per heavy atom. The molecule has 110 valence electrons. The molecule has 2 amide bonds. The zero-order valence-corrected chi connectivity index (χ0v) is 11.9. The first-order valence-corrected chi connectivity index (χ1v) is 6.44. The van der Waals surface area contributed by atoms with Crippen molar-refractivity contribution in [2.75, 3.05) is 5.32 Å². The zero-order valence-electron chi connectivity index (χ0n) is 11.9. The van der Waals surface area contributed by atoms with Gasteiger partial charge in [-0.2, -0.15) is 0 Å². The summed E-state index contributed by atoms with van der Waals surface area (Å²) in [4.78, 5) is 23.1. The van der Waals surface area contributed by atoms with E-state index in [1.807, 2.05) is 13.8 Å². The van der Waals surface area contributed by atoms with E-state index >= 15 is 0 Å². The van der Waals surface area contributed by atoms with Crippen LogP contribution in [-0.2, 0) is 4.79 Å². The Hall–Kier alpha value is -1.95. The summed E-state index contributed by atoms with van der Waals surface area (Å²) in [6, 6.07) is 1.70. The van der Waals surface area contributed by atoms with Crippen molar-refractivity contribution in [2.45, 2.75) is 33.2 Å². The summed E-state index contributed by atoms with van der Waals surface area (Å²) in [6.45, 7) is 5.29. The van der Waals surface area contributed by atoms with Crippen LogP contribution in [0.5, 0.6) is 0 Å². The summed E-state index contributed by atoms with van der Waals surface area (Å²) in [6.07, 6.45) is 0.753. The first-order chi connectivity index (χ1) is 9.27. The van der Waals surface area contributed by atoms with Gasteiger partial charge in [-0.1, -0.05) is 20.3 Å². The van der Waals surface area contributed by atoms with Gasteiger partial charge in [0.05, 0.1) is 6.04 Å². The molecule has 2 unspecified atom stereocenters. The lowest BCUT2D eigenvalue weighted by molar-refractivity contribution is -0.118. The van der Waals surface area contributed by atoms with Crippen LogP contribution in [0.3, 0.4) is 0 Å². The Morgan fingerprint density at radius 3 is 2.50 bits per heavy atom. The van der Waals surface area contributed by atoms with Crippen molar-refractivity contribution < 1.29 is 14.0 Å². The molecule has 1 aromatic carbocycles. The van der Waals surface area contributed by atoms with Gasteiger partial charge in [-0.3, -0.25) is 9.59 Å². The summed E-state index contributed by atoms with van der Waals surface area (Å²) < 4.78 is 13.7. The van der Waals surface area contributed by atoms with E-state index in [1.54, 1.807) is 0 Å². The van der Waals surface area contributed by atoms with E-state index in [4.69, 9.17) is 11.5 Å². The molecular formula is C14H20FN3O2. The monoisotopic (exact) mass is 281 g/mol. The van der Waals surface area contributed by atoms with Gasteiger partial charge >= 0.3 is 0 Å². The highest BCUT2D eigenvalue weighted by Gasteiger charge is 2.21. The second-order valence-electron chi connectivity index (χ2n) is 4.90. The molecule has 0 saturated heterocycles. The van der Waals surface area contributed by atoms with Crippen LogP contribution in [0.1, 0.15) is 36.2 Å². The van der Waals surface area contributed by atoms with E-state index in [0.717, 1.165) is 12.5 Å². The molecule has 20 heavy (non-hydrogen) atoms. The van der Waals surface area contributed by atoms with Crippen LogP contribution < -0.4 is 16.8 Å². The summed E-state index contributed by atoms with van der Waals surface area (Å²) in [5, 5.41) is 2.55. The van der Waals surface area contributed by atoms with Crippen molar-refractivity contribution in [1.82, 2.24) is 0 Å². The van der Waals surface area contributed by atoms with Crippen molar-refractivity contribution >= 4 is 17.5 Å². The van der Waals surface area contributed by atoms with E-state index in [-0.39, 0.29) is 22.7 Å². The SMILES string of the molecule is CCC(C)C(N)C(=O)Nc1cc(C(N)=O)cc(F)c1C. The number of primary amides is 1. The van der Waals surface area contributed by atoms with Crippen molar-refractivity contribution in [3.8, 4) is 0 Å². The minimum atomic E-state index is -0.759. The molecule has 0 radical (unpaired) electrons. The molecule has 0 fully saturated rings. The summed E-state index contributed by atoms with van der Waals surface area (Å²) in [7, 11) is 0. The number of carbonyl (C=O) groups excluding carboxylic acids is 2. The lowest BCUT2D eigenvalue weighted by Gasteiger charge is -2.19. The van der Waals surface area contributed by atoms with Gasteiger partial charge in [0.25, 0.3) is 0 Å². The number of halogens is 1. The van der Waals surface area contributed by atoms with Crippen molar-refractivity contribution in [3.05, 3.63) is 29.1 Å². The van der Waals surface area contributed by atoms with Crippen molar-refractivity contribution in [1.29, 1.82) is 0 Å². The maximum atomic E-state index is 13.7. The normalized spacial score (nSPS) is 13.7.